The Kier molecular flexibility index (Phi) is 5.64. The predicted molar refractivity (Wildman–Crippen MR) is 85.1 cm³/mol. The summed E-state index contributed by atoms with van der Waals surface area (Å²) in [4.78, 5) is 12.1. The van der Waals surface area contributed by atoms with Crippen molar-refractivity contribution in [2.75, 3.05) is 13.7 Å². The third-order valence-electron chi connectivity index (χ3n) is 3.19. The van der Waals surface area contributed by atoms with E-state index in [1.165, 1.54) is 5.56 Å². The number of hydrogen-bond donors (Lipinski definition) is 1. The molecule has 2 aromatic rings. The van der Waals surface area contributed by atoms with Gasteiger partial charge in [0.15, 0.2) is 0 Å². The van der Waals surface area contributed by atoms with E-state index in [0.29, 0.717) is 17.9 Å². The van der Waals surface area contributed by atoms with Crippen LogP contribution in [0.15, 0.2) is 48.5 Å². The quantitative estimate of drug-likeness (QED) is 0.826. The van der Waals surface area contributed by atoms with Crippen LogP contribution in [-0.4, -0.2) is 19.6 Å². The van der Waals surface area contributed by atoms with Crippen LogP contribution in [0.1, 0.15) is 22.3 Å². The number of para-hydroxylation sites is 1. The summed E-state index contributed by atoms with van der Waals surface area (Å²) in [5.74, 6) is 0.483. The minimum atomic E-state index is -0.108. The lowest BCUT2D eigenvalue weighted by Gasteiger charge is -2.09. The maximum Gasteiger partial charge on any atom is 0.255 e. The molecular weight excluding hydrogens is 286 g/mol. The highest BCUT2D eigenvalue weighted by Crippen LogP contribution is 2.16. The van der Waals surface area contributed by atoms with Crippen molar-refractivity contribution in [3.63, 3.8) is 0 Å². The monoisotopic (exact) mass is 303 g/mol. The molecular formula is C17H18ClNO2. The van der Waals surface area contributed by atoms with Crippen LogP contribution in [-0.2, 0) is 6.42 Å². The van der Waals surface area contributed by atoms with Crippen molar-refractivity contribution in [2.45, 2.75) is 12.8 Å². The second kappa shape index (κ2) is 7.70. The second-order valence-corrected chi connectivity index (χ2v) is 5.12. The van der Waals surface area contributed by atoms with Crippen LogP contribution in [0, 0.1) is 0 Å². The van der Waals surface area contributed by atoms with Gasteiger partial charge in [0, 0.05) is 11.6 Å². The second-order valence-electron chi connectivity index (χ2n) is 4.69. The van der Waals surface area contributed by atoms with Gasteiger partial charge < -0.3 is 10.1 Å². The third kappa shape index (κ3) is 4.50. The number of carbonyl (C=O) groups excluding carboxylic acids is 1. The van der Waals surface area contributed by atoms with Crippen molar-refractivity contribution in [2.24, 2.45) is 0 Å². The molecule has 1 amide bonds. The van der Waals surface area contributed by atoms with Gasteiger partial charge in [-0.05, 0) is 42.7 Å². The number of aryl methyl sites for hydroxylation is 1. The number of rotatable bonds is 6. The summed E-state index contributed by atoms with van der Waals surface area (Å²) in [5, 5.41) is 3.65. The average Bonchev–Trinajstić information content (AvgIpc) is 2.53. The number of halogens is 1. The van der Waals surface area contributed by atoms with Crippen LogP contribution in [0.4, 0.5) is 0 Å². The van der Waals surface area contributed by atoms with Gasteiger partial charge in [-0.3, -0.25) is 4.79 Å². The van der Waals surface area contributed by atoms with E-state index in [-0.39, 0.29) is 5.91 Å². The SMILES string of the molecule is COc1ccccc1C(=O)NCCCc1ccc(Cl)cc1. The Hall–Kier alpha value is -2.00. The molecule has 0 saturated carbocycles. The Morgan fingerprint density at radius 2 is 1.86 bits per heavy atom. The number of amides is 1. The zero-order valence-corrected chi connectivity index (χ0v) is 12.7. The molecule has 0 bridgehead atoms. The minimum absolute atomic E-state index is 0.108. The first-order valence-corrected chi connectivity index (χ1v) is 7.24. The number of benzene rings is 2. The van der Waals surface area contributed by atoms with Gasteiger partial charge in [-0.25, -0.2) is 0 Å². The fourth-order valence-corrected chi connectivity index (χ4v) is 2.20. The zero-order valence-electron chi connectivity index (χ0n) is 11.9. The average molecular weight is 304 g/mol. The minimum Gasteiger partial charge on any atom is -0.496 e. The Morgan fingerprint density at radius 3 is 2.57 bits per heavy atom. The molecule has 0 saturated heterocycles. The van der Waals surface area contributed by atoms with E-state index < -0.39 is 0 Å². The van der Waals surface area contributed by atoms with Gasteiger partial charge in [0.05, 0.1) is 12.7 Å². The lowest BCUT2D eigenvalue weighted by atomic mass is 10.1. The largest absolute Gasteiger partial charge is 0.496 e. The van der Waals surface area contributed by atoms with Gasteiger partial charge >= 0.3 is 0 Å². The topological polar surface area (TPSA) is 38.3 Å². The highest BCUT2D eigenvalue weighted by molar-refractivity contribution is 6.30. The van der Waals surface area contributed by atoms with E-state index in [2.05, 4.69) is 5.32 Å². The van der Waals surface area contributed by atoms with E-state index in [0.717, 1.165) is 17.9 Å². The van der Waals surface area contributed by atoms with Crippen molar-refractivity contribution < 1.29 is 9.53 Å². The summed E-state index contributed by atoms with van der Waals surface area (Å²) in [6.07, 6.45) is 1.78. The molecule has 110 valence electrons. The van der Waals surface area contributed by atoms with Crippen molar-refractivity contribution in [1.29, 1.82) is 0 Å². The Bertz CT molecular complexity index is 596. The normalized spacial score (nSPS) is 10.2. The molecule has 0 atom stereocenters. The zero-order chi connectivity index (χ0) is 15.1. The lowest BCUT2D eigenvalue weighted by molar-refractivity contribution is 0.0950. The summed E-state index contributed by atoms with van der Waals surface area (Å²) in [6.45, 7) is 0.625. The summed E-state index contributed by atoms with van der Waals surface area (Å²) in [6, 6.07) is 15.0. The van der Waals surface area contributed by atoms with Crippen LogP contribution in [0.3, 0.4) is 0 Å². The molecule has 4 heteroatoms. The number of nitrogens with one attached hydrogen (secondary N) is 1. The number of hydrogen-bond acceptors (Lipinski definition) is 2. The number of methoxy groups -OCH3 is 1. The first-order valence-electron chi connectivity index (χ1n) is 6.86. The van der Waals surface area contributed by atoms with Crippen molar-refractivity contribution in [3.05, 3.63) is 64.7 Å². The molecule has 0 unspecified atom stereocenters. The first-order chi connectivity index (χ1) is 10.2. The predicted octanol–water partition coefficient (Wildman–Crippen LogP) is 3.71. The molecule has 3 nitrogen and oxygen atoms in total. The molecule has 0 fully saturated rings. The molecule has 0 aliphatic rings. The first kappa shape index (κ1) is 15.4. The van der Waals surface area contributed by atoms with E-state index in [4.69, 9.17) is 16.3 Å². The van der Waals surface area contributed by atoms with Crippen molar-refractivity contribution in [1.82, 2.24) is 5.32 Å². The molecule has 2 aromatic carbocycles. The van der Waals surface area contributed by atoms with Gasteiger partial charge in [-0.2, -0.15) is 0 Å². The van der Waals surface area contributed by atoms with E-state index >= 15 is 0 Å². The molecule has 0 aliphatic carbocycles. The van der Waals surface area contributed by atoms with Crippen LogP contribution in [0.25, 0.3) is 0 Å². The molecule has 0 spiro atoms. The van der Waals surface area contributed by atoms with Crippen molar-refractivity contribution >= 4 is 17.5 Å². The maximum absolute atomic E-state index is 12.1. The Labute approximate surface area is 129 Å². The van der Waals surface area contributed by atoms with E-state index in [9.17, 15) is 4.79 Å². The van der Waals surface area contributed by atoms with Gasteiger partial charge in [0.25, 0.3) is 5.91 Å². The van der Waals surface area contributed by atoms with E-state index in [1.807, 2.05) is 36.4 Å². The maximum atomic E-state index is 12.1. The Morgan fingerprint density at radius 1 is 1.14 bits per heavy atom. The highest BCUT2D eigenvalue weighted by atomic mass is 35.5. The van der Waals surface area contributed by atoms with Crippen LogP contribution < -0.4 is 10.1 Å². The fourth-order valence-electron chi connectivity index (χ4n) is 2.07. The van der Waals surface area contributed by atoms with Gasteiger partial charge in [0.2, 0.25) is 0 Å². The molecule has 2 rings (SSSR count). The molecule has 1 N–H and O–H groups in total. The van der Waals surface area contributed by atoms with Gasteiger partial charge in [0.1, 0.15) is 5.75 Å². The molecule has 0 radical (unpaired) electrons. The van der Waals surface area contributed by atoms with Crippen LogP contribution in [0.2, 0.25) is 5.02 Å². The smallest absolute Gasteiger partial charge is 0.255 e. The molecule has 21 heavy (non-hydrogen) atoms. The third-order valence-corrected chi connectivity index (χ3v) is 3.44. The summed E-state index contributed by atoms with van der Waals surface area (Å²) >= 11 is 5.84. The number of ether oxygens (including phenoxy) is 1. The van der Waals surface area contributed by atoms with Crippen LogP contribution in [0.5, 0.6) is 5.75 Å². The Balaban J connectivity index is 1.80. The standard InChI is InChI=1S/C17H18ClNO2/c1-21-16-7-3-2-6-15(16)17(20)19-12-4-5-13-8-10-14(18)11-9-13/h2-3,6-11H,4-5,12H2,1H3,(H,19,20). The number of carbonyl (C=O) groups is 1. The van der Waals surface area contributed by atoms with Crippen molar-refractivity contribution in [3.8, 4) is 5.75 Å². The highest BCUT2D eigenvalue weighted by Gasteiger charge is 2.10. The van der Waals surface area contributed by atoms with Gasteiger partial charge in [-0.15, -0.1) is 0 Å². The summed E-state index contributed by atoms with van der Waals surface area (Å²) < 4.78 is 5.18. The van der Waals surface area contributed by atoms with E-state index in [1.54, 1.807) is 19.2 Å². The molecule has 0 aromatic heterocycles. The lowest BCUT2D eigenvalue weighted by Crippen LogP contribution is -2.25. The molecule has 0 heterocycles. The summed E-state index contributed by atoms with van der Waals surface area (Å²) in [7, 11) is 1.56. The molecule has 0 aliphatic heterocycles. The van der Waals surface area contributed by atoms with Crippen LogP contribution >= 0.6 is 11.6 Å². The fraction of sp³-hybridized carbons (Fsp3) is 0.235. The summed E-state index contributed by atoms with van der Waals surface area (Å²) in [5.41, 5.74) is 1.78. The van der Waals surface area contributed by atoms with Gasteiger partial charge in [-0.1, -0.05) is 35.9 Å².